The van der Waals surface area contributed by atoms with Crippen LogP contribution in [0.25, 0.3) is 0 Å². The van der Waals surface area contributed by atoms with Gasteiger partial charge in [0, 0.05) is 19.8 Å². The lowest BCUT2D eigenvalue weighted by molar-refractivity contribution is -0.142. The molecule has 0 aliphatic carbocycles. The molecule has 0 aromatic carbocycles. The second-order valence-corrected chi connectivity index (χ2v) is 4.92. The number of aliphatic imine (C=N–C) groups is 1. The number of hydrogen-bond acceptors (Lipinski definition) is 5. The minimum absolute atomic E-state index is 0.0350. The molecule has 1 fully saturated rings. The molecule has 0 aromatic heterocycles. The van der Waals surface area contributed by atoms with Gasteiger partial charge in [0.05, 0.1) is 0 Å². The second kappa shape index (κ2) is 7.20. The molecular weight excluding hydrogens is 262 g/mol. The number of nitrogens with one attached hydrogen (secondary N) is 2. The van der Waals surface area contributed by atoms with Gasteiger partial charge in [0.25, 0.3) is 5.91 Å². The van der Waals surface area contributed by atoms with Gasteiger partial charge in [-0.1, -0.05) is 0 Å². The number of carbonyl (C=O) groups excluding carboxylic acids is 2. The highest BCUT2D eigenvalue weighted by Crippen LogP contribution is 2.18. The molecule has 20 heavy (non-hydrogen) atoms. The molecule has 1 aliphatic heterocycles. The summed E-state index contributed by atoms with van der Waals surface area (Å²) in [5.74, 6) is 5.05. The van der Waals surface area contributed by atoms with Gasteiger partial charge < -0.3 is 9.64 Å². The predicted molar refractivity (Wildman–Crippen MR) is 74.7 cm³/mol. The SMILES string of the molecule is CCOCCCN=C(NN)N1CC(=O)NC(=O)C1(C)C. The van der Waals surface area contributed by atoms with Gasteiger partial charge in [-0.15, -0.1) is 0 Å². The Balaban J connectivity index is 2.73. The maximum absolute atomic E-state index is 11.9. The Morgan fingerprint density at radius 1 is 1.55 bits per heavy atom. The van der Waals surface area contributed by atoms with E-state index in [1.165, 1.54) is 0 Å². The highest BCUT2D eigenvalue weighted by Gasteiger charge is 2.42. The molecule has 0 aromatic rings. The van der Waals surface area contributed by atoms with Crippen LogP contribution < -0.4 is 16.6 Å². The smallest absolute Gasteiger partial charge is 0.252 e. The molecule has 0 unspecified atom stereocenters. The summed E-state index contributed by atoms with van der Waals surface area (Å²) in [7, 11) is 0. The monoisotopic (exact) mass is 285 g/mol. The van der Waals surface area contributed by atoms with Crippen molar-refractivity contribution in [2.24, 2.45) is 10.8 Å². The van der Waals surface area contributed by atoms with Gasteiger partial charge in [0.2, 0.25) is 11.9 Å². The van der Waals surface area contributed by atoms with Crippen molar-refractivity contribution in [3.05, 3.63) is 0 Å². The van der Waals surface area contributed by atoms with Gasteiger partial charge in [0.15, 0.2) is 0 Å². The largest absolute Gasteiger partial charge is 0.382 e. The average Bonchev–Trinajstić information content (AvgIpc) is 2.39. The third kappa shape index (κ3) is 3.91. The molecule has 0 radical (unpaired) electrons. The zero-order chi connectivity index (χ0) is 15.2. The van der Waals surface area contributed by atoms with Crippen LogP contribution in [0.3, 0.4) is 0 Å². The predicted octanol–water partition coefficient (Wildman–Crippen LogP) is -1.03. The number of amides is 2. The number of guanidine groups is 1. The summed E-state index contributed by atoms with van der Waals surface area (Å²) >= 11 is 0. The van der Waals surface area contributed by atoms with Crippen LogP contribution >= 0.6 is 0 Å². The molecule has 1 rings (SSSR count). The average molecular weight is 285 g/mol. The molecule has 1 aliphatic rings. The molecule has 0 bridgehead atoms. The van der Waals surface area contributed by atoms with Crippen LogP contribution in [0.1, 0.15) is 27.2 Å². The summed E-state index contributed by atoms with van der Waals surface area (Å²) in [6, 6.07) is 0. The number of nitrogens with zero attached hydrogens (tertiary/aromatic N) is 2. The Labute approximate surface area is 118 Å². The van der Waals surface area contributed by atoms with Gasteiger partial charge in [-0.2, -0.15) is 0 Å². The summed E-state index contributed by atoms with van der Waals surface area (Å²) in [5, 5.41) is 2.30. The van der Waals surface area contributed by atoms with Crippen molar-refractivity contribution in [2.45, 2.75) is 32.7 Å². The first-order valence-electron chi connectivity index (χ1n) is 6.64. The number of hydrogen-bond donors (Lipinski definition) is 3. The van der Waals surface area contributed by atoms with Gasteiger partial charge >= 0.3 is 0 Å². The maximum atomic E-state index is 11.9. The quantitative estimate of drug-likeness (QED) is 0.149. The van der Waals surface area contributed by atoms with Crippen molar-refractivity contribution in [1.29, 1.82) is 0 Å². The van der Waals surface area contributed by atoms with Crippen molar-refractivity contribution in [3.63, 3.8) is 0 Å². The molecular formula is C12H23N5O3. The molecule has 1 saturated heterocycles. The van der Waals surface area contributed by atoms with Crippen molar-refractivity contribution >= 4 is 17.8 Å². The highest BCUT2D eigenvalue weighted by molar-refractivity contribution is 6.06. The molecule has 8 nitrogen and oxygen atoms in total. The first kappa shape index (κ1) is 16.4. The fourth-order valence-electron chi connectivity index (χ4n) is 1.83. The van der Waals surface area contributed by atoms with E-state index >= 15 is 0 Å². The summed E-state index contributed by atoms with van der Waals surface area (Å²) in [6.45, 7) is 7.16. The van der Waals surface area contributed by atoms with E-state index in [1.807, 2.05) is 6.92 Å². The van der Waals surface area contributed by atoms with E-state index in [9.17, 15) is 9.59 Å². The molecule has 0 saturated carbocycles. The highest BCUT2D eigenvalue weighted by atomic mass is 16.5. The number of ether oxygens (including phenoxy) is 1. The number of carbonyl (C=O) groups is 2. The lowest BCUT2D eigenvalue weighted by Gasteiger charge is -2.41. The van der Waals surface area contributed by atoms with Crippen molar-refractivity contribution in [1.82, 2.24) is 15.6 Å². The number of rotatable bonds is 5. The first-order valence-corrected chi connectivity index (χ1v) is 6.64. The normalized spacial score (nSPS) is 19.0. The molecule has 0 atom stereocenters. The Morgan fingerprint density at radius 3 is 2.85 bits per heavy atom. The standard InChI is InChI=1S/C12H23N5O3/c1-4-20-7-5-6-14-11(16-13)17-8-9(18)15-10(19)12(17,2)3/h4-8,13H2,1-3H3,(H,14,16)(H,15,18,19). The zero-order valence-electron chi connectivity index (χ0n) is 12.2. The summed E-state index contributed by atoms with van der Waals surface area (Å²) in [6.07, 6.45) is 0.743. The van der Waals surface area contributed by atoms with E-state index in [-0.39, 0.29) is 18.4 Å². The van der Waals surface area contributed by atoms with E-state index in [1.54, 1.807) is 18.7 Å². The van der Waals surface area contributed by atoms with E-state index in [0.717, 1.165) is 6.42 Å². The third-order valence-corrected chi connectivity index (χ3v) is 3.08. The van der Waals surface area contributed by atoms with E-state index in [0.29, 0.717) is 25.7 Å². The van der Waals surface area contributed by atoms with Gasteiger partial charge in [-0.05, 0) is 27.2 Å². The maximum Gasteiger partial charge on any atom is 0.252 e. The Kier molecular flexibility index (Phi) is 5.90. The van der Waals surface area contributed by atoms with Crippen LogP contribution in [0.5, 0.6) is 0 Å². The minimum Gasteiger partial charge on any atom is -0.382 e. The van der Waals surface area contributed by atoms with Crippen LogP contribution in [-0.4, -0.2) is 54.5 Å². The van der Waals surface area contributed by atoms with Gasteiger partial charge in [-0.3, -0.25) is 25.3 Å². The third-order valence-electron chi connectivity index (χ3n) is 3.08. The number of hydrazine groups is 1. The van der Waals surface area contributed by atoms with Crippen molar-refractivity contribution < 1.29 is 14.3 Å². The van der Waals surface area contributed by atoms with Crippen molar-refractivity contribution in [2.75, 3.05) is 26.3 Å². The second-order valence-electron chi connectivity index (χ2n) is 4.92. The topological polar surface area (TPSA) is 109 Å². The summed E-state index contributed by atoms with van der Waals surface area (Å²) < 4.78 is 5.22. The molecule has 8 heteroatoms. The lowest BCUT2D eigenvalue weighted by Crippen LogP contribution is -2.68. The fraction of sp³-hybridized carbons (Fsp3) is 0.750. The zero-order valence-corrected chi connectivity index (χ0v) is 12.2. The van der Waals surface area contributed by atoms with Crippen LogP contribution in [0.15, 0.2) is 4.99 Å². The number of piperazine rings is 1. The van der Waals surface area contributed by atoms with Gasteiger partial charge in [0.1, 0.15) is 12.1 Å². The number of nitrogens with two attached hydrogens (primary N) is 1. The summed E-state index contributed by atoms with van der Waals surface area (Å²) in [4.78, 5) is 29.2. The van der Waals surface area contributed by atoms with E-state index in [2.05, 4.69) is 15.7 Å². The fourth-order valence-corrected chi connectivity index (χ4v) is 1.83. The van der Waals surface area contributed by atoms with E-state index in [4.69, 9.17) is 10.6 Å². The van der Waals surface area contributed by atoms with Crippen LogP contribution in [0.4, 0.5) is 0 Å². The summed E-state index contributed by atoms with van der Waals surface area (Å²) in [5.41, 5.74) is 1.57. The van der Waals surface area contributed by atoms with E-state index < -0.39 is 5.54 Å². The van der Waals surface area contributed by atoms with Crippen molar-refractivity contribution in [3.8, 4) is 0 Å². The first-order chi connectivity index (χ1) is 9.43. The molecule has 1 heterocycles. The van der Waals surface area contributed by atoms with Crippen LogP contribution in [0.2, 0.25) is 0 Å². The lowest BCUT2D eigenvalue weighted by atomic mass is 9.99. The minimum atomic E-state index is -0.890. The molecule has 4 N–H and O–H groups in total. The Hall–Kier alpha value is -1.67. The van der Waals surface area contributed by atoms with Crippen LogP contribution in [-0.2, 0) is 14.3 Å². The Bertz CT molecular complexity index is 395. The molecule has 0 spiro atoms. The van der Waals surface area contributed by atoms with Crippen LogP contribution in [0, 0.1) is 0 Å². The van der Waals surface area contributed by atoms with Gasteiger partial charge in [-0.25, -0.2) is 5.84 Å². The number of imide groups is 1. The molecule has 114 valence electrons. The Morgan fingerprint density at radius 2 is 2.25 bits per heavy atom. The molecule has 2 amide bonds.